The van der Waals surface area contributed by atoms with Crippen molar-refractivity contribution >= 4 is 0 Å². The molecule has 2 heteroatoms. The smallest absolute Gasteiger partial charge is 0.0593 e. The lowest BCUT2D eigenvalue weighted by Gasteiger charge is -2.25. The molecule has 1 saturated heterocycles. The molecule has 0 aromatic heterocycles. The third kappa shape index (κ3) is 2.80. The summed E-state index contributed by atoms with van der Waals surface area (Å²) in [6.45, 7) is 8.75. The standard InChI is InChI=1S/C9H19NO/c1-3-9(2)10-5-4-7-11-8-6-10/h9H,3-8H2,1-2H3/t9-/m0/s1. The average molecular weight is 157 g/mol. The van der Waals surface area contributed by atoms with Crippen LogP contribution in [0.4, 0.5) is 0 Å². The molecular formula is C9H19NO. The SMILES string of the molecule is CC[C@H](C)N1CCCOCC1. The predicted octanol–water partition coefficient (Wildman–Crippen LogP) is 1.51. The minimum Gasteiger partial charge on any atom is -0.380 e. The van der Waals surface area contributed by atoms with E-state index in [9.17, 15) is 0 Å². The predicted molar refractivity (Wildman–Crippen MR) is 46.8 cm³/mol. The minimum absolute atomic E-state index is 0.733. The summed E-state index contributed by atoms with van der Waals surface area (Å²) in [6.07, 6.45) is 2.45. The highest BCUT2D eigenvalue weighted by atomic mass is 16.5. The zero-order valence-electron chi connectivity index (χ0n) is 7.68. The molecule has 1 fully saturated rings. The third-order valence-corrected chi connectivity index (χ3v) is 2.47. The summed E-state index contributed by atoms with van der Waals surface area (Å²) < 4.78 is 5.38. The Morgan fingerprint density at radius 3 is 2.91 bits per heavy atom. The first kappa shape index (κ1) is 9.01. The number of hydrogen-bond acceptors (Lipinski definition) is 2. The maximum Gasteiger partial charge on any atom is 0.0593 e. The first-order chi connectivity index (χ1) is 5.34. The fourth-order valence-corrected chi connectivity index (χ4v) is 1.46. The van der Waals surface area contributed by atoms with Crippen LogP contribution in [0.15, 0.2) is 0 Å². The highest BCUT2D eigenvalue weighted by Crippen LogP contribution is 2.06. The Hall–Kier alpha value is -0.0800. The van der Waals surface area contributed by atoms with Crippen molar-refractivity contribution in [1.29, 1.82) is 0 Å². The molecule has 1 rings (SSSR count). The van der Waals surface area contributed by atoms with Gasteiger partial charge in [0.2, 0.25) is 0 Å². The van der Waals surface area contributed by atoms with Crippen LogP contribution >= 0.6 is 0 Å². The molecule has 0 amide bonds. The molecule has 2 nitrogen and oxygen atoms in total. The van der Waals surface area contributed by atoms with Crippen molar-refractivity contribution in [2.75, 3.05) is 26.3 Å². The van der Waals surface area contributed by atoms with E-state index in [4.69, 9.17) is 4.74 Å². The summed E-state index contributed by atoms with van der Waals surface area (Å²) in [4.78, 5) is 2.52. The van der Waals surface area contributed by atoms with Crippen molar-refractivity contribution in [3.05, 3.63) is 0 Å². The fraction of sp³-hybridized carbons (Fsp3) is 1.00. The molecule has 1 atom stereocenters. The molecular weight excluding hydrogens is 138 g/mol. The molecule has 1 aliphatic heterocycles. The van der Waals surface area contributed by atoms with Gasteiger partial charge in [0.25, 0.3) is 0 Å². The van der Waals surface area contributed by atoms with Crippen LogP contribution in [0.3, 0.4) is 0 Å². The second-order valence-electron chi connectivity index (χ2n) is 3.26. The molecule has 0 aromatic rings. The zero-order valence-corrected chi connectivity index (χ0v) is 7.68. The van der Waals surface area contributed by atoms with E-state index in [0.717, 1.165) is 25.8 Å². The van der Waals surface area contributed by atoms with E-state index in [2.05, 4.69) is 18.7 Å². The summed E-state index contributed by atoms with van der Waals surface area (Å²) in [5, 5.41) is 0. The van der Waals surface area contributed by atoms with Gasteiger partial charge in [-0.3, -0.25) is 4.90 Å². The zero-order chi connectivity index (χ0) is 8.10. The van der Waals surface area contributed by atoms with Crippen molar-refractivity contribution < 1.29 is 4.74 Å². The Morgan fingerprint density at radius 1 is 1.36 bits per heavy atom. The van der Waals surface area contributed by atoms with E-state index in [1.807, 2.05) is 0 Å². The van der Waals surface area contributed by atoms with Crippen molar-refractivity contribution in [3.63, 3.8) is 0 Å². The van der Waals surface area contributed by atoms with Crippen LogP contribution in [0.5, 0.6) is 0 Å². The summed E-state index contributed by atoms with van der Waals surface area (Å²) in [7, 11) is 0. The van der Waals surface area contributed by atoms with Gasteiger partial charge in [0.1, 0.15) is 0 Å². The molecule has 0 aromatic carbocycles. The maximum absolute atomic E-state index is 5.38. The van der Waals surface area contributed by atoms with Crippen LogP contribution in [-0.4, -0.2) is 37.2 Å². The third-order valence-electron chi connectivity index (χ3n) is 2.47. The molecule has 11 heavy (non-hydrogen) atoms. The first-order valence-electron chi connectivity index (χ1n) is 4.66. The van der Waals surface area contributed by atoms with E-state index in [1.165, 1.54) is 19.4 Å². The molecule has 0 unspecified atom stereocenters. The molecule has 0 spiro atoms. The monoisotopic (exact) mass is 157 g/mol. The van der Waals surface area contributed by atoms with Gasteiger partial charge in [-0.05, 0) is 19.8 Å². The van der Waals surface area contributed by atoms with Gasteiger partial charge in [-0.1, -0.05) is 6.92 Å². The Balaban J connectivity index is 2.30. The normalized spacial score (nSPS) is 24.5. The molecule has 0 radical (unpaired) electrons. The van der Waals surface area contributed by atoms with Crippen molar-refractivity contribution in [3.8, 4) is 0 Å². The fourth-order valence-electron chi connectivity index (χ4n) is 1.46. The largest absolute Gasteiger partial charge is 0.380 e. The van der Waals surface area contributed by atoms with Gasteiger partial charge in [0.05, 0.1) is 6.61 Å². The Labute approximate surface area is 69.5 Å². The Kier molecular flexibility index (Phi) is 3.87. The van der Waals surface area contributed by atoms with Crippen molar-refractivity contribution in [1.82, 2.24) is 4.90 Å². The van der Waals surface area contributed by atoms with Gasteiger partial charge in [-0.15, -0.1) is 0 Å². The van der Waals surface area contributed by atoms with E-state index >= 15 is 0 Å². The quantitative estimate of drug-likeness (QED) is 0.602. The molecule has 66 valence electrons. The van der Waals surface area contributed by atoms with E-state index in [0.29, 0.717) is 0 Å². The number of rotatable bonds is 2. The highest BCUT2D eigenvalue weighted by Gasteiger charge is 2.13. The number of ether oxygens (including phenoxy) is 1. The molecule has 1 heterocycles. The molecule has 0 N–H and O–H groups in total. The Bertz CT molecular complexity index is 97.7. The molecule has 0 bridgehead atoms. The summed E-state index contributed by atoms with van der Waals surface area (Å²) in [5.41, 5.74) is 0. The van der Waals surface area contributed by atoms with Gasteiger partial charge in [-0.2, -0.15) is 0 Å². The van der Waals surface area contributed by atoms with Gasteiger partial charge in [-0.25, -0.2) is 0 Å². The lowest BCUT2D eigenvalue weighted by molar-refractivity contribution is 0.133. The van der Waals surface area contributed by atoms with Crippen LogP contribution in [0.2, 0.25) is 0 Å². The topological polar surface area (TPSA) is 12.5 Å². The maximum atomic E-state index is 5.38. The minimum atomic E-state index is 0.733. The van der Waals surface area contributed by atoms with E-state index in [1.54, 1.807) is 0 Å². The molecule has 0 saturated carbocycles. The van der Waals surface area contributed by atoms with Crippen LogP contribution < -0.4 is 0 Å². The first-order valence-corrected chi connectivity index (χ1v) is 4.66. The number of hydrogen-bond donors (Lipinski definition) is 0. The van der Waals surface area contributed by atoms with Gasteiger partial charge >= 0.3 is 0 Å². The number of nitrogens with zero attached hydrogens (tertiary/aromatic N) is 1. The van der Waals surface area contributed by atoms with Gasteiger partial charge < -0.3 is 4.74 Å². The van der Waals surface area contributed by atoms with Crippen LogP contribution in [0.1, 0.15) is 26.7 Å². The van der Waals surface area contributed by atoms with Gasteiger partial charge in [0, 0.05) is 25.7 Å². The second-order valence-corrected chi connectivity index (χ2v) is 3.26. The Morgan fingerprint density at radius 2 is 2.18 bits per heavy atom. The molecule has 0 aliphatic carbocycles. The summed E-state index contributed by atoms with van der Waals surface area (Å²) in [5.74, 6) is 0. The van der Waals surface area contributed by atoms with Crippen LogP contribution in [0.25, 0.3) is 0 Å². The van der Waals surface area contributed by atoms with Crippen LogP contribution in [0, 0.1) is 0 Å². The van der Waals surface area contributed by atoms with Gasteiger partial charge in [0.15, 0.2) is 0 Å². The summed E-state index contributed by atoms with van der Waals surface area (Å²) in [6, 6.07) is 0.733. The van der Waals surface area contributed by atoms with Crippen molar-refractivity contribution in [2.45, 2.75) is 32.7 Å². The van der Waals surface area contributed by atoms with Crippen LogP contribution in [-0.2, 0) is 4.74 Å². The lowest BCUT2D eigenvalue weighted by Crippen LogP contribution is -2.34. The second kappa shape index (κ2) is 4.73. The lowest BCUT2D eigenvalue weighted by atomic mass is 10.2. The van der Waals surface area contributed by atoms with E-state index in [-0.39, 0.29) is 0 Å². The summed E-state index contributed by atoms with van der Waals surface area (Å²) >= 11 is 0. The van der Waals surface area contributed by atoms with E-state index < -0.39 is 0 Å². The highest BCUT2D eigenvalue weighted by molar-refractivity contribution is 4.67. The average Bonchev–Trinajstić information content (AvgIpc) is 2.30. The molecule has 1 aliphatic rings. The van der Waals surface area contributed by atoms with Crippen molar-refractivity contribution in [2.24, 2.45) is 0 Å².